The third-order valence-corrected chi connectivity index (χ3v) is 4.06. The number of halogens is 1. The first-order valence-corrected chi connectivity index (χ1v) is 7.63. The van der Waals surface area contributed by atoms with E-state index in [1.54, 1.807) is 24.3 Å². The zero-order valence-corrected chi connectivity index (χ0v) is 13.0. The summed E-state index contributed by atoms with van der Waals surface area (Å²) in [4.78, 5) is 23.0. The van der Waals surface area contributed by atoms with Crippen LogP contribution in [0.25, 0.3) is 0 Å². The number of primary amides is 1. The van der Waals surface area contributed by atoms with Gasteiger partial charge in [0, 0.05) is 22.3 Å². The highest BCUT2D eigenvalue weighted by Crippen LogP contribution is 2.48. The van der Waals surface area contributed by atoms with Gasteiger partial charge in [0.05, 0.1) is 0 Å². The van der Waals surface area contributed by atoms with Crippen molar-refractivity contribution in [3.63, 3.8) is 0 Å². The van der Waals surface area contributed by atoms with Gasteiger partial charge < -0.3 is 16.4 Å². The van der Waals surface area contributed by atoms with Crippen LogP contribution in [0.4, 0.5) is 16.2 Å². The van der Waals surface area contributed by atoms with Crippen molar-refractivity contribution in [3.05, 3.63) is 59.1 Å². The summed E-state index contributed by atoms with van der Waals surface area (Å²) >= 11 is 5.99. The minimum absolute atomic E-state index is 0.00872. The Morgan fingerprint density at radius 1 is 1.04 bits per heavy atom. The number of carbonyl (C=O) groups excluding carboxylic acids is 2. The van der Waals surface area contributed by atoms with E-state index in [0.717, 1.165) is 12.0 Å². The largest absolute Gasteiger partial charge is 0.351 e. The van der Waals surface area contributed by atoms with Gasteiger partial charge >= 0.3 is 6.03 Å². The number of hydrogen-bond donors (Lipinski definition) is 3. The molecule has 23 heavy (non-hydrogen) atoms. The molecule has 0 spiro atoms. The summed E-state index contributed by atoms with van der Waals surface area (Å²) in [7, 11) is 0. The number of amides is 3. The molecule has 3 rings (SSSR count). The maximum atomic E-state index is 12.3. The van der Waals surface area contributed by atoms with Crippen LogP contribution in [0, 0.1) is 5.92 Å². The summed E-state index contributed by atoms with van der Waals surface area (Å²) in [6, 6.07) is 13.8. The van der Waals surface area contributed by atoms with Gasteiger partial charge in [-0.3, -0.25) is 4.79 Å². The van der Waals surface area contributed by atoms with Crippen LogP contribution in [-0.4, -0.2) is 11.9 Å². The second-order valence-corrected chi connectivity index (χ2v) is 6.00. The van der Waals surface area contributed by atoms with Gasteiger partial charge in [0.15, 0.2) is 0 Å². The molecule has 0 saturated heterocycles. The predicted octanol–water partition coefficient (Wildman–Crippen LogP) is 3.57. The molecule has 1 saturated carbocycles. The SMILES string of the molecule is NC(=O)Nc1ccc(NC(=O)[C@H]2C[C@@H]2c2cccc(Cl)c2)cc1. The number of carbonyl (C=O) groups is 2. The number of anilines is 2. The molecule has 1 aliphatic rings. The van der Waals surface area contributed by atoms with Gasteiger partial charge in [0.1, 0.15) is 0 Å². The summed E-state index contributed by atoms with van der Waals surface area (Å²) in [5.41, 5.74) is 7.40. The van der Waals surface area contributed by atoms with E-state index in [-0.39, 0.29) is 17.7 Å². The molecule has 2 aromatic carbocycles. The summed E-state index contributed by atoms with van der Waals surface area (Å²) in [6.07, 6.45) is 0.827. The van der Waals surface area contributed by atoms with E-state index in [2.05, 4.69) is 10.6 Å². The number of rotatable bonds is 4. The second-order valence-electron chi connectivity index (χ2n) is 5.56. The lowest BCUT2D eigenvalue weighted by atomic mass is 10.1. The fraction of sp³-hybridized carbons (Fsp3) is 0.176. The lowest BCUT2D eigenvalue weighted by Crippen LogP contribution is -2.19. The smallest absolute Gasteiger partial charge is 0.316 e. The molecule has 0 unspecified atom stereocenters. The quantitative estimate of drug-likeness (QED) is 0.801. The summed E-state index contributed by atoms with van der Waals surface area (Å²) < 4.78 is 0. The van der Waals surface area contributed by atoms with Gasteiger partial charge in [-0.1, -0.05) is 23.7 Å². The second kappa shape index (κ2) is 6.30. The maximum absolute atomic E-state index is 12.3. The molecular formula is C17H16ClN3O2. The molecule has 6 heteroatoms. The normalized spacial score (nSPS) is 19.0. The average Bonchev–Trinajstić information content (AvgIpc) is 3.29. The van der Waals surface area contributed by atoms with E-state index in [0.29, 0.717) is 16.4 Å². The van der Waals surface area contributed by atoms with Gasteiger partial charge in [0.25, 0.3) is 0 Å². The highest BCUT2D eigenvalue weighted by atomic mass is 35.5. The third-order valence-electron chi connectivity index (χ3n) is 3.82. The van der Waals surface area contributed by atoms with Crippen LogP contribution in [0.3, 0.4) is 0 Å². The zero-order chi connectivity index (χ0) is 16.4. The summed E-state index contributed by atoms with van der Waals surface area (Å²) in [6.45, 7) is 0. The van der Waals surface area contributed by atoms with Crippen LogP contribution in [-0.2, 0) is 4.79 Å². The Morgan fingerprint density at radius 3 is 2.30 bits per heavy atom. The monoisotopic (exact) mass is 329 g/mol. The summed E-state index contributed by atoms with van der Waals surface area (Å²) in [5.74, 6) is 0.187. The minimum Gasteiger partial charge on any atom is -0.351 e. The number of hydrogen-bond acceptors (Lipinski definition) is 2. The Hall–Kier alpha value is -2.53. The van der Waals surface area contributed by atoms with Crippen LogP contribution in [0.1, 0.15) is 17.9 Å². The van der Waals surface area contributed by atoms with Crippen molar-refractivity contribution < 1.29 is 9.59 Å². The van der Waals surface area contributed by atoms with Crippen molar-refractivity contribution >= 4 is 34.9 Å². The molecule has 0 aromatic heterocycles. The van der Waals surface area contributed by atoms with Gasteiger partial charge in [0.2, 0.25) is 5.91 Å². The van der Waals surface area contributed by atoms with E-state index in [9.17, 15) is 9.59 Å². The van der Waals surface area contributed by atoms with E-state index in [1.165, 1.54) is 0 Å². The Labute approximate surface area is 138 Å². The number of nitrogens with two attached hydrogens (primary N) is 1. The fourth-order valence-electron chi connectivity index (χ4n) is 2.60. The molecule has 1 fully saturated rings. The molecule has 1 aliphatic carbocycles. The standard InChI is InChI=1S/C17H16ClN3O2/c18-11-3-1-2-10(8-11)14-9-15(14)16(22)20-12-4-6-13(7-5-12)21-17(19)23/h1-8,14-15H,9H2,(H,20,22)(H3,19,21,23)/t14-,15+/m1/s1. The van der Waals surface area contributed by atoms with E-state index >= 15 is 0 Å². The molecular weight excluding hydrogens is 314 g/mol. The molecule has 0 bridgehead atoms. The average molecular weight is 330 g/mol. The third kappa shape index (κ3) is 3.81. The molecule has 0 heterocycles. The van der Waals surface area contributed by atoms with E-state index < -0.39 is 6.03 Å². The molecule has 2 atom stereocenters. The van der Waals surface area contributed by atoms with Crippen LogP contribution >= 0.6 is 11.6 Å². The molecule has 118 valence electrons. The fourth-order valence-corrected chi connectivity index (χ4v) is 2.80. The van der Waals surface area contributed by atoms with Crippen molar-refractivity contribution in [2.24, 2.45) is 11.7 Å². The first kappa shape index (κ1) is 15.4. The molecule has 3 amide bonds. The van der Waals surface area contributed by atoms with Crippen molar-refractivity contribution in [3.8, 4) is 0 Å². The number of benzene rings is 2. The topological polar surface area (TPSA) is 84.2 Å². The van der Waals surface area contributed by atoms with E-state index in [1.807, 2.05) is 24.3 Å². The van der Waals surface area contributed by atoms with Crippen LogP contribution < -0.4 is 16.4 Å². The van der Waals surface area contributed by atoms with Crippen molar-refractivity contribution in [1.82, 2.24) is 0 Å². The predicted molar refractivity (Wildman–Crippen MR) is 90.6 cm³/mol. The van der Waals surface area contributed by atoms with Crippen molar-refractivity contribution in [2.45, 2.75) is 12.3 Å². The van der Waals surface area contributed by atoms with Crippen LogP contribution in [0.2, 0.25) is 5.02 Å². The van der Waals surface area contributed by atoms with Gasteiger partial charge in [-0.25, -0.2) is 4.79 Å². The summed E-state index contributed by atoms with van der Waals surface area (Å²) in [5, 5.41) is 6.04. The van der Waals surface area contributed by atoms with E-state index in [4.69, 9.17) is 17.3 Å². The zero-order valence-electron chi connectivity index (χ0n) is 12.3. The number of urea groups is 1. The van der Waals surface area contributed by atoms with Crippen molar-refractivity contribution in [1.29, 1.82) is 0 Å². The first-order chi connectivity index (χ1) is 11.0. The maximum Gasteiger partial charge on any atom is 0.316 e. The molecule has 2 aromatic rings. The van der Waals surface area contributed by atoms with Crippen LogP contribution in [0.15, 0.2) is 48.5 Å². The Morgan fingerprint density at radius 2 is 1.70 bits per heavy atom. The lowest BCUT2D eigenvalue weighted by Gasteiger charge is -2.07. The highest BCUT2D eigenvalue weighted by molar-refractivity contribution is 6.30. The van der Waals surface area contributed by atoms with Crippen molar-refractivity contribution in [2.75, 3.05) is 10.6 Å². The Balaban J connectivity index is 1.59. The molecule has 0 radical (unpaired) electrons. The molecule has 5 nitrogen and oxygen atoms in total. The van der Waals surface area contributed by atoms with Gasteiger partial charge in [-0.05, 0) is 54.3 Å². The minimum atomic E-state index is -0.621. The highest BCUT2D eigenvalue weighted by Gasteiger charge is 2.43. The number of nitrogens with one attached hydrogen (secondary N) is 2. The molecule has 4 N–H and O–H groups in total. The van der Waals surface area contributed by atoms with Gasteiger partial charge in [-0.15, -0.1) is 0 Å². The van der Waals surface area contributed by atoms with Crippen LogP contribution in [0.5, 0.6) is 0 Å². The Bertz CT molecular complexity index is 746. The molecule has 0 aliphatic heterocycles. The first-order valence-electron chi connectivity index (χ1n) is 7.26. The van der Waals surface area contributed by atoms with Gasteiger partial charge in [-0.2, -0.15) is 0 Å². The Kier molecular flexibility index (Phi) is 4.21. The lowest BCUT2D eigenvalue weighted by molar-refractivity contribution is -0.117.